The molecule has 0 spiro atoms. The third kappa shape index (κ3) is 2.71. The lowest BCUT2D eigenvalue weighted by Crippen LogP contribution is -2.23. The maximum Gasteiger partial charge on any atom is 0.311 e. The van der Waals surface area contributed by atoms with Gasteiger partial charge in [-0.2, -0.15) is 4.98 Å². The predicted molar refractivity (Wildman–Crippen MR) is 65.0 cm³/mol. The summed E-state index contributed by atoms with van der Waals surface area (Å²) < 4.78 is 4.80. The smallest absolute Gasteiger partial charge is 0.311 e. The van der Waals surface area contributed by atoms with Crippen molar-refractivity contribution in [3.8, 4) is 5.75 Å². The largest absolute Gasteiger partial charge is 0.502 e. The van der Waals surface area contributed by atoms with E-state index in [2.05, 4.69) is 15.5 Å². The van der Waals surface area contributed by atoms with Gasteiger partial charge in [-0.25, -0.2) is 0 Å². The second-order valence-electron chi connectivity index (χ2n) is 3.85. The lowest BCUT2D eigenvalue weighted by molar-refractivity contribution is -0.385. The van der Waals surface area contributed by atoms with E-state index in [1.807, 2.05) is 0 Å². The number of nitro benzene ring substituents is 1. The number of nitrogens with one attached hydrogen (secondary N) is 1. The Labute approximate surface area is 112 Å². The SMILES string of the molecule is Cc1noc(CNC(=O)c2cccc([N+](=O)[O-])c2O)n1. The number of hydrogen-bond donors (Lipinski definition) is 2. The van der Waals surface area contributed by atoms with Gasteiger partial charge in [-0.05, 0) is 13.0 Å². The molecule has 1 aromatic carbocycles. The molecule has 1 amide bonds. The molecule has 0 unspecified atom stereocenters. The maximum absolute atomic E-state index is 11.8. The first kappa shape index (κ1) is 13.5. The van der Waals surface area contributed by atoms with Crippen LogP contribution in [0, 0.1) is 17.0 Å². The number of carbonyl (C=O) groups excluding carboxylic acids is 1. The fourth-order valence-corrected chi connectivity index (χ4v) is 1.52. The van der Waals surface area contributed by atoms with Crippen LogP contribution < -0.4 is 5.32 Å². The molecule has 0 aliphatic carbocycles. The van der Waals surface area contributed by atoms with Crippen molar-refractivity contribution in [2.45, 2.75) is 13.5 Å². The van der Waals surface area contributed by atoms with Crippen molar-refractivity contribution in [3.05, 3.63) is 45.6 Å². The minimum absolute atomic E-state index is 0.0399. The Morgan fingerprint density at radius 2 is 2.30 bits per heavy atom. The van der Waals surface area contributed by atoms with Crippen molar-refractivity contribution >= 4 is 11.6 Å². The highest BCUT2D eigenvalue weighted by molar-refractivity contribution is 5.97. The Bertz CT molecular complexity index is 667. The highest BCUT2D eigenvalue weighted by Gasteiger charge is 2.21. The van der Waals surface area contributed by atoms with Gasteiger partial charge in [-0.1, -0.05) is 11.2 Å². The van der Waals surface area contributed by atoms with Crippen LogP contribution in [0.5, 0.6) is 5.75 Å². The molecule has 0 atom stereocenters. The summed E-state index contributed by atoms with van der Waals surface area (Å²) in [5, 5.41) is 26.3. The summed E-state index contributed by atoms with van der Waals surface area (Å²) in [7, 11) is 0. The van der Waals surface area contributed by atoms with E-state index in [1.165, 1.54) is 12.1 Å². The quantitative estimate of drug-likeness (QED) is 0.627. The van der Waals surface area contributed by atoms with Crippen molar-refractivity contribution in [1.82, 2.24) is 15.5 Å². The number of nitrogens with zero attached hydrogens (tertiary/aromatic N) is 3. The highest BCUT2D eigenvalue weighted by Crippen LogP contribution is 2.29. The Hall–Kier alpha value is -2.97. The average molecular weight is 278 g/mol. The zero-order valence-corrected chi connectivity index (χ0v) is 10.4. The number of hydrogen-bond acceptors (Lipinski definition) is 7. The van der Waals surface area contributed by atoms with Crippen LogP contribution in [0.15, 0.2) is 22.7 Å². The molecule has 104 valence electrons. The van der Waals surface area contributed by atoms with Gasteiger partial charge in [0, 0.05) is 6.07 Å². The lowest BCUT2D eigenvalue weighted by Gasteiger charge is -2.04. The molecule has 9 nitrogen and oxygen atoms in total. The van der Waals surface area contributed by atoms with Crippen LogP contribution in [-0.4, -0.2) is 26.1 Å². The van der Waals surface area contributed by atoms with E-state index < -0.39 is 22.3 Å². The molecule has 0 saturated carbocycles. The van der Waals surface area contributed by atoms with Crippen LogP contribution in [0.3, 0.4) is 0 Å². The molecule has 20 heavy (non-hydrogen) atoms. The summed E-state index contributed by atoms with van der Waals surface area (Å²) in [6, 6.07) is 3.69. The number of aromatic nitrogens is 2. The Morgan fingerprint density at radius 3 is 2.90 bits per heavy atom. The number of rotatable bonds is 4. The van der Waals surface area contributed by atoms with Gasteiger partial charge >= 0.3 is 5.69 Å². The summed E-state index contributed by atoms with van der Waals surface area (Å²) >= 11 is 0. The number of para-hydroxylation sites is 1. The van der Waals surface area contributed by atoms with Crippen molar-refractivity contribution in [1.29, 1.82) is 0 Å². The van der Waals surface area contributed by atoms with Crippen molar-refractivity contribution < 1.29 is 19.3 Å². The van der Waals surface area contributed by atoms with Crippen LogP contribution in [0.4, 0.5) is 5.69 Å². The zero-order chi connectivity index (χ0) is 14.7. The number of benzene rings is 1. The van der Waals surface area contributed by atoms with Crippen LogP contribution in [0.2, 0.25) is 0 Å². The normalized spacial score (nSPS) is 10.2. The zero-order valence-electron chi connectivity index (χ0n) is 10.4. The van der Waals surface area contributed by atoms with E-state index in [0.717, 1.165) is 6.07 Å². The van der Waals surface area contributed by atoms with Gasteiger partial charge < -0.3 is 14.9 Å². The second kappa shape index (κ2) is 5.34. The van der Waals surface area contributed by atoms with E-state index in [-0.39, 0.29) is 18.0 Å². The molecule has 0 saturated heterocycles. The lowest BCUT2D eigenvalue weighted by atomic mass is 10.1. The summed E-state index contributed by atoms with van der Waals surface area (Å²) in [5.41, 5.74) is -0.735. The molecule has 2 rings (SSSR count). The topological polar surface area (TPSA) is 131 Å². The van der Waals surface area contributed by atoms with Crippen molar-refractivity contribution in [2.24, 2.45) is 0 Å². The molecule has 0 bridgehead atoms. The molecule has 0 aliphatic rings. The number of aromatic hydroxyl groups is 1. The molecular weight excluding hydrogens is 268 g/mol. The average Bonchev–Trinajstić information content (AvgIpc) is 2.81. The number of carbonyl (C=O) groups is 1. The predicted octanol–water partition coefficient (Wildman–Crippen LogP) is 0.922. The Kier molecular flexibility index (Phi) is 3.60. The number of amides is 1. The summed E-state index contributed by atoms with van der Waals surface area (Å²) in [6.45, 7) is 1.59. The minimum atomic E-state index is -0.770. The first-order valence-corrected chi connectivity index (χ1v) is 5.53. The van der Waals surface area contributed by atoms with Crippen LogP contribution in [0.25, 0.3) is 0 Å². The third-order valence-electron chi connectivity index (χ3n) is 2.43. The first-order chi connectivity index (χ1) is 9.49. The van der Waals surface area contributed by atoms with Gasteiger partial charge in [0.25, 0.3) is 5.91 Å². The van der Waals surface area contributed by atoms with Gasteiger partial charge in [0.15, 0.2) is 5.82 Å². The monoisotopic (exact) mass is 278 g/mol. The Morgan fingerprint density at radius 1 is 1.55 bits per heavy atom. The third-order valence-corrected chi connectivity index (χ3v) is 2.43. The number of nitro groups is 1. The highest BCUT2D eigenvalue weighted by atomic mass is 16.6. The molecule has 0 radical (unpaired) electrons. The molecule has 2 aromatic rings. The molecule has 9 heteroatoms. The number of aryl methyl sites for hydroxylation is 1. The van der Waals surface area contributed by atoms with Crippen LogP contribution in [0.1, 0.15) is 22.1 Å². The molecule has 0 aliphatic heterocycles. The van der Waals surface area contributed by atoms with E-state index >= 15 is 0 Å². The van der Waals surface area contributed by atoms with Gasteiger partial charge in [0.1, 0.15) is 0 Å². The van der Waals surface area contributed by atoms with Gasteiger partial charge in [-0.3, -0.25) is 14.9 Å². The summed E-state index contributed by atoms with van der Waals surface area (Å²) in [6.07, 6.45) is 0. The fraction of sp³-hybridized carbons (Fsp3) is 0.182. The molecule has 1 aromatic heterocycles. The van der Waals surface area contributed by atoms with Gasteiger partial charge in [0.2, 0.25) is 11.6 Å². The van der Waals surface area contributed by atoms with Crippen molar-refractivity contribution in [2.75, 3.05) is 0 Å². The van der Waals surface area contributed by atoms with Crippen molar-refractivity contribution in [3.63, 3.8) is 0 Å². The fourth-order valence-electron chi connectivity index (χ4n) is 1.52. The molecular formula is C11H10N4O5. The Balaban J connectivity index is 2.13. The maximum atomic E-state index is 11.8. The van der Waals surface area contributed by atoms with Crippen LogP contribution >= 0.6 is 0 Å². The number of phenolic OH excluding ortho intramolecular Hbond substituents is 1. The molecule has 2 N–H and O–H groups in total. The second-order valence-corrected chi connectivity index (χ2v) is 3.85. The summed E-state index contributed by atoms with van der Waals surface area (Å²) in [5.74, 6) is -0.744. The van der Waals surface area contributed by atoms with E-state index in [4.69, 9.17) is 4.52 Å². The van der Waals surface area contributed by atoms with Gasteiger partial charge in [-0.15, -0.1) is 0 Å². The van der Waals surface area contributed by atoms with E-state index in [0.29, 0.717) is 5.82 Å². The summed E-state index contributed by atoms with van der Waals surface area (Å²) in [4.78, 5) is 25.6. The van der Waals surface area contributed by atoms with E-state index in [1.54, 1.807) is 6.92 Å². The van der Waals surface area contributed by atoms with Gasteiger partial charge in [0.05, 0.1) is 17.0 Å². The molecule has 1 heterocycles. The van der Waals surface area contributed by atoms with E-state index in [9.17, 15) is 20.0 Å². The van der Waals surface area contributed by atoms with Crippen LogP contribution in [-0.2, 0) is 6.54 Å². The minimum Gasteiger partial charge on any atom is -0.502 e. The molecule has 0 fully saturated rings. The standard InChI is InChI=1S/C11H10N4O5/c1-6-13-9(20-14-6)5-12-11(17)7-3-2-4-8(10(7)16)15(18)19/h2-4,16H,5H2,1H3,(H,12,17). The number of phenols is 1. The first-order valence-electron chi connectivity index (χ1n) is 5.53.